The van der Waals surface area contributed by atoms with Crippen LogP contribution in [-0.2, 0) is 42.1 Å². The molecule has 242 valence electrons. The minimum Gasteiger partial charge on any atom is -0.341 e. The quantitative estimate of drug-likeness (QED) is 0.141. The molecular formula is C35H26N10Pt2S. The molecule has 0 amide bonds. The van der Waals surface area contributed by atoms with Crippen LogP contribution in [0.4, 0.5) is 0 Å². The molecule has 0 aliphatic carbocycles. The van der Waals surface area contributed by atoms with E-state index in [2.05, 4.69) is 62.5 Å². The molecule has 0 aliphatic rings. The fourth-order valence-corrected chi connectivity index (χ4v) is 4.47. The molecule has 0 aliphatic heterocycles. The largest absolute Gasteiger partial charge is 0.341 e. The minimum atomic E-state index is 0. The molecule has 0 saturated carbocycles. The summed E-state index contributed by atoms with van der Waals surface area (Å²) >= 11 is 4.09. The maximum Gasteiger partial charge on any atom is 0.181 e. The van der Waals surface area contributed by atoms with Gasteiger partial charge in [0.2, 0.25) is 0 Å². The predicted octanol–water partition coefficient (Wildman–Crippen LogP) is 7.05. The van der Waals surface area contributed by atoms with Crippen molar-refractivity contribution in [1.29, 1.82) is 0 Å². The van der Waals surface area contributed by atoms with Crippen molar-refractivity contribution in [3.8, 4) is 45.6 Å². The van der Waals surface area contributed by atoms with E-state index in [-0.39, 0.29) is 42.1 Å². The standard InChI is InChI=1S/2C15H11N3.C5H4N4S.2Pt/c2*1-3-10-16-12(6-1)14-8-5-9-15(18-14)13-7-2-4-11-17-13;10-5-3-4(7-1-6-3)8-2-9-5;;/h2*1-11H;1-2H,(H2,6,7,8,9,10);;. The summed E-state index contributed by atoms with van der Waals surface area (Å²) in [4.78, 5) is 40.9. The molecule has 0 aromatic carbocycles. The third-order valence-electron chi connectivity index (χ3n) is 6.41. The number of aromatic amines is 1. The summed E-state index contributed by atoms with van der Waals surface area (Å²) in [5, 5.41) is 0.627. The van der Waals surface area contributed by atoms with E-state index in [1.807, 2.05) is 109 Å². The van der Waals surface area contributed by atoms with Crippen LogP contribution in [-0.4, -0.2) is 49.8 Å². The Morgan fingerprint density at radius 1 is 0.396 bits per heavy atom. The molecule has 0 fully saturated rings. The number of rotatable bonds is 4. The molecule has 13 heteroatoms. The molecule has 0 bridgehead atoms. The van der Waals surface area contributed by atoms with Crippen molar-refractivity contribution in [2.45, 2.75) is 5.03 Å². The van der Waals surface area contributed by atoms with Crippen LogP contribution in [0, 0.1) is 0 Å². The van der Waals surface area contributed by atoms with Crippen molar-refractivity contribution < 1.29 is 42.1 Å². The average molecular weight is 1010 g/mol. The van der Waals surface area contributed by atoms with Gasteiger partial charge in [0.1, 0.15) is 16.9 Å². The zero-order valence-corrected chi connectivity index (χ0v) is 30.4. The van der Waals surface area contributed by atoms with Gasteiger partial charge in [0.05, 0.1) is 51.9 Å². The Morgan fingerprint density at radius 2 is 0.771 bits per heavy atom. The molecule has 0 saturated heterocycles. The van der Waals surface area contributed by atoms with Gasteiger partial charge >= 0.3 is 0 Å². The Labute approximate surface area is 311 Å². The molecule has 1 N–H and O–H groups in total. The Balaban J connectivity index is 0.000000166. The van der Waals surface area contributed by atoms with Gasteiger partial charge in [-0.3, -0.25) is 19.9 Å². The second-order valence-corrected chi connectivity index (χ2v) is 9.90. The van der Waals surface area contributed by atoms with Gasteiger partial charge in [0, 0.05) is 66.9 Å². The monoisotopic (exact) mass is 1010 g/mol. The predicted molar refractivity (Wildman–Crippen MR) is 180 cm³/mol. The number of nitrogens with zero attached hydrogens (tertiary/aromatic N) is 9. The number of aromatic nitrogens is 10. The number of fused-ring (bicyclic) bond motifs is 1. The molecule has 0 spiro atoms. The summed E-state index contributed by atoms with van der Waals surface area (Å²) in [6.45, 7) is 0. The summed E-state index contributed by atoms with van der Waals surface area (Å²) < 4.78 is 0. The molecule has 48 heavy (non-hydrogen) atoms. The van der Waals surface area contributed by atoms with Crippen molar-refractivity contribution in [1.82, 2.24) is 49.8 Å². The van der Waals surface area contributed by atoms with Crippen LogP contribution in [0.1, 0.15) is 0 Å². The topological polar surface area (TPSA) is 132 Å². The number of H-pyrrole nitrogens is 1. The van der Waals surface area contributed by atoms with E-state index in [1.165, 1.54) is 6.33 Å². The normalized spacial score (nSPS) is 9.85. The first-order chi connectivity index (χ1) is 22.7. The van der Waals surface area contributed by atoms with Crippen LogP contribution in [0.5, 0.6) is 0 Å². The molecular weight excluding hydrogens is 983 g/mol. The van der Waals surface area contributed by atoms with Crippen LogP contribution >= 0.6 is 12.6 Å². The van der Waals surface area contributed by atoms with Gasteiger partial charge in [0.25, 0.3) is 0 Å². The Bertz CT molecular complexity index is 1890. The van der Waals surface area contributed by atoms with Crippen LogP contribution in [0.3, 0.4) is 0 Å². The summed E-state index contributed by atoms with van der Waals surface area (Å²) in [7, 11) is 0. The van der Waals surface area contributed by atoms with Gasteiger partial charge in [-0.2, -0.15) is 0 Å². The first-order valence-electron chi connectivity index (χ1n) is 14.2. The molecule has 8 rings (SSSR count). The van der Waals surface area contributed by atoms with Crippen LogP contribution in [0.2, 0.25) is 0 Å². The van der Waals surface area contributed by atoms with E-state index in [0.717, 1.165) is 51.1 Å². The number of hydrogen-bond acceptors (Lipinski definition) is 10. The molecule has 0 atom stereocenters. The van der Waals surface area contributed by atoms with Crippen molar-refractivity contribution in [3.63, 3.8) is 0 Å². The summed E-state index contributed by atoms with van der Waals surface area (Å²) in [5.74, 6) is 0. The zero-order chi connectivity index (χ0) is 31.4. The Morgan fingerprint density at radius 3 is 1.10 bits per heavy atom. The number of nitrogens with one attached hydrogen (secondary N) is 1. The van der Waals surface area contributed by atoms with E-state index in [4.69, 9.17) is 0 Å². The summed E-state index contributed by atoms with van der Waals surface area (Å²) in [5.41, 5.74) is 8.36. The fourth-order valence-electron chi connectivity index (χ4n) is 4.25. The van der Waals surface area contributed by atoms with Crippen molar-refractivity contribution in [2.24, 2.45) is 0 Å². The van der Waals surface area contributed by atoms with E-state index in [1.54, 1.807) is 31.1 Å². The Hall–Kier alpha value is -4.82. The van der Waals surface area contributed by atoms with Gasteiger partial charge in [-0.1, -0.05) is 36.4 Å². The first-order valence-corrected chi connectivity index (χ1v) is 14.6. The molecule has 8 aromatic heterocycles. The van der Waals surface area contributed by atoms with Crippen molar-refractivity contribution in [3.05, 3.63) is 147 Å². The van der Waals surface area contributed by atoms with Gasteiger partial charge in [-0.25, -0.2) is 24.9 Å². The Kier molecular flexibility index (Phi) is 13.9. The van der Waals surface area contributed by atoms with E-state index in [0.29, 0.717) is 10.7 Å². The third-order valence-corrected chi connectivity index (χ3v) is 6.75. The van der Waals surface area contributed by atoms with E-state index in [9.17, 15) is 0 Å². The number of hydrogen-bond donors (Lipinski definition) is 2. The van der Waals surface area contributed by atoms with Crippen LogP contribution < -0.4 is 0 Å². The maximum absolute atomic E-state index is 4.59. The van der Waals surface area contributed by atoms with Crippen LogP contribution in [0.15, 0.2) is 152 Å². The minimum absolute atomic E-state index is 0. The molecule has 8 heterocycles. The second-order valence-electron chi connectivity index (χ2n) is 9.47. The summed E-state index contributed by atoms with van der Waals surface area (Å²) in [6, 6.07) is 35.0. The van der Waals surface area contributed by atoms with Crippen molar-refractivity contribution >= 4 is 23.8 Å². The number of imidazole rings is 1. The first kappa shape index (κ1) is 36.0. The molecule has 10 nitrogen and oxygen atoms in total. The molecule has 0 unspecified atom stereocenters. The smallest absolute Gasteiger partial charge is 0.181 e. The van der Waals surface area contributed by atoms with Gasteiger partial charge < -0.3 is 4.98 Å². The molecule has 8 aromatic rings. The van der Waals surface area contributed by atoms with E-state index < -0.39 is 0 Å². The third kappa shape index (κ3) is 9.61. The average Bonchev–Trinajstić information content (AvgIpc) is 3.65. The van der Waals surface area contributed by atoms with Crippen LogP contribution in [0.25, 0.3) is 56.7 Å². The number of pyridine rings is 6. The number of thiol groups is 1. The molecule has 0 radical (unpaired) electrons. The second kappa shape index (κ2) is 18.5. The SMILES string of the molecule is Sc1ncnc2nc[nH]c12.[Pt].[Pt].c1ccc(-c2cccc(-c3ccccn3)n2)nc1.c1ccc(-c2cccc(-c3ccccn3)n2)nc1. The maximum atomic E-state index is 4.59. The van der Waals surface area contributed by atoms with Crippen molar-refractivity contribution in [2.75, 3.05) is 0 Å². The van der Waals surface area contributed by atoms with Gasteiger partial charge in [-0.05, 0) is 72.8 Å². The van der Waals surface area contributed by atoms with Gasteiger partial charge in [0.15, 0.2) is 5.65 Å². The fraction of sp³-hybridized carbons (Fsp3) is 0. The van der Waals surface area contributed by atoms with Gasteiger partial charge in [-0.15, -0.1) is 12.6 Å². The summed E-state index contributed by atoms with van der Waals surface area (Å²) in [6.07, 6.45) is 10.1. The zero-order valence-electron chi connectivity index (χ0n) is 25.0. The van der Waals surface area contributed by atoms with E-state index >= 15 is 0 Å².